The first-order chi connectivity index (χ1) is 14.2. The van der Waals surface area contributed by atoms with Crippen LogP contribution in [-0.2, 0) is 17.7 Å². The van der Waals surface area contributed by atoms with Crippen LogP contribution < -0.4 is 14.8 Å². The van der Waals surface area contributed by atoms with Crippen molar-refractivity contribution in [1.82, 2.24) is 10.2 Å². The van der Waals surface area contributed by atoms with E-state index in [-0.39, 0.29) is 6.04 Å². The molecule has 0 saturated carbocycles. The number of carbonyl (C=O) groups is 1. The molecule has 1 aliphatic heterocycles. The number of nitrogens with one attached hydrogen (secondary N) is 1. The van der Waals surface area contributed by atoms with Crippen molar-refractivity contribution in [1.29, 1.82) is 0 Å². The molecule has 1 atom stereocenters. The van der Waals surface area contributed by atoms with E-state index < -0.39 is 18.8 Å². The molecule has 0 spiro atoms. The smallest absolute Gasteiger partial charge is 0.497 e. The summed E-state index contributed by atoms with van der Waals surface area (Å²) in [6.07, 6.45) is 0.357. The number of hydrogen-bond acceptors (Lipinski definition) is 7. The van der Waals surface area contributed by atoms with Crippen LogP contribution in [0.2, 0.25) is 0 Å². The molecule has 1 aliphatic rings. The van der Waals surface area contributed by atoms with Gasteiger partial charge in [-0.05, 0) is 56.5 Å². The van der Waals surface area contributed by atoms with Crippen LogP contribution in [0.25, 0.3) is 0 Å². The quantitative estimate of drug-likeness (QED) is 0.606. The highest BCUT2D eigenvalue weighted by Gasteiger charge is 2.32. The van der Waals surface area contributed by atoms with Crippen LogP contribution in [0.1, 0.15) is 42.8 Å². The van der Waals surface area contributed by atoms with Crippen LogP contribution in [0, 0.1) is 0 Å². The monoisotopic (exact) mass is 432 g/mol. The normalized spacial score (nSPS) is 16.7. The van der Waals surface area contributed by atoms with Gasteiger partial charge in [0.25, 0.3) is 0 Å². The summed E-state index contributed by atoms with van der Waals surface area (Å²) in [5.41, 5.74) is 1.67. The van der Waals surface area contributed by atoms with Crippen molar-refractivity contribution >= 4 is 29.3 Å². The Hall–Kier alpha value is -2.07. The third-order valence-electron chi connectivity index (χ3n) is 4.91. The first kappa shape index (κ1) is 22.6. The van der Waals surface area contributed by atoms with E-state index in [4.69, 9.17) is 9.47 Å². The van der Waals surface area contributed by atoms with E-state index in [0.717, 1.165) is 34.7 Å². The summed E-state index contributed by atoms with van der Waals surface area (Å²) in [6.45, 7) is 7.37. The lowest BCUT2D eigenvalue weighted by Gasteiger charge is -2.36. The molecule has 0 saturated heterocycles. The summed E-state index contributed by atoms with van der Waals surface area (Å²) in [7, 11) is 0.152. The lowest BCUT2D eigenvalue weighted by molar-refractivity contribution is 0.0502. The molecule has 0 aliphatic carbocycles. The van der Waals surface area contributed by atoms with Crippen molar-refractivity contribution in [2.45, 2.75) is 45.4 Å². The maximum atomic E-state index is 12.2. The number of hydrogen-bond donors (Lipinski definition) is 3. The molecule has 1 aromatic carbocycles. The second-order valence-corrected chi connectivity index (χ2v) is 9.49. The van der Waals surface area contributed by atoms with Crippen molar-refractivity contribution in [3.63, 3.8) is 0 Å². The van der Waals surface area contributed by atoms with Gasteiger partial charge in [0, 0.05) is 29.3 Å². The average Bonchev–Trinajstić information content (AvgIpc) is 3.11. The van der Waals surface area contributed by atoms with Gasteiger partial charge in [0.05, 0.1) is 13.2 Å². The molecule has 30 heavy (non-hydrogen) atoms. The van der Waals surface area contributed by atoms with Crippen LogP contribution in [0.15, 0.2) is 30.3 Å². The number of fused-ring (bicyclic) bond motifs is 1. The molecular weight excluding hydrogens is 403 g/mol. The maximum Gasteiger partial charge on any atom is 0.499 e. The zero-order valence-electron chi connectivity index (χ0n) is 17.8. The lowest BCUT2D eigenvalue weighted by Crippen LogP contribution is -2.42. The average molecular weight is 432 g/mol. The van der Waals surface area contributed by atoms with Crippen molar-refractivity contribution < 1.29 is 24.3 Å². The van der Waals surface area contributed by atoms with Crippen LogP contribution >= 0.6 is 11.3 Å². The largest absolute Gasteiger partial charge is 0.499 e. The molecule has 1 unspecified atom stereocenters. The highest BCUT2D eigenvalue weighted by molar-refractivity contribution is 7.22. The lowest BCUT2D eigenvalue weighted by atomic mass is 9.88. The Balaban J connectivity index is 1.79. The van der Waals surface area contributed by atoms with Gasteiger partial charge in [0.15, 0.2) is 0 Å². The minimum absolute atomic E-state index is 0.0825. The number of ether oxygens (including phenoxy) is 2. The van der Waals surface area contributed by atoms with E-state index in [2.05, 4.69) is 10.2 Å². The Morgan fingerprint density at radius 3 is 2.60 bits per heavy atom. The fourth-order valence-corrected chi connectivity index (χ4v) is 4.75. The van der Waals surface area contributed by atoms with Gasteiger partial charge >= 0.3 is 13.2 Å². The summed E-state index contributed by atoms with van der Waals surface area (Å²) in [5.74, 6) is 0.808. The zero-order chi connectivity index (χ0) is 21.9. The fourth-order valence-electron chi connectivity index (χ4n) is 3.53. The summed E-state index contributed by atoms with van der Waals surface area (Å²) in [6, 6.07) is 9.71. The van der Waals surface area contributed by atoms with Crippen molar-refractivity contribution in [3.8, 4) is 5.75 Å². The zero-order valence-corrected chi connectivity index (χ0v) is 18.7. The van der Waals surface area contributed by atoms with E-state index in [1.807, 2.05) is 51.1 Å². The van der Waals surface area contributed by atoms with Gasteiger partial charge in [-0.3, -0.25) is 4.90 Å². The minimum Gasteiger partial charge on any atom is -0.497 e. The molecule has 0 radical (unpaired) electrons. The predicted octanol–water partition coefficient (Wildman–Crippen LogP) is 2.06. The topological polar surface area (TPSA) is 91.3 Å². The first-order valence-electron chi connectivity index (χ1n) is 9.99. The summed E-state index contributed by atoms with van der Waals surface area (Å²) < 4.78 is 11.1. The Bertz CT molecular complexity index is 863. The molecule has 1 aromatic heterocycles. The van der Waals surface area contributed by atoms with Gasteiger partial charge in [-0.2, -0.15) is 0 Å². The number of nitrogens with zero attached hydrogens (tertiary/aromatic N) is 1. The molecule has 162 valence electrons. The number of benzene rings is 1. The third-order valence-corrected chi connectivity index (χ3v) is 6.23. The van der Waals surface area contributed by atoms with Gasteiger partial charge in [-0.15, -0.1) is 11.3 Å². The number of alkyl carbamates (subject to hydrolysis) is 1. The molecule has 3 N–H and O–H groups in total. The van der Waals surface area contributed by atoms with Crippen molar-refractivity contribution in [2.75, 3.05) is 20.2 Å². The maximum absolute atomic E-state index is 12.2. The van der Waals surface area contributed by atoms with E-state index in [1.54, 1.807) is 7.11 Å². The SMILES string of the molecule is COc1ccc(CN2CCc3cc(B(O)O)sc3C2CNC(=O)OC(C)(C)C)cc1. The number of rotatable bonds is 6. The number of carbonyl (C=O) groups excluding carboxylic acids is 1. The second-order valence-electron chi connectivity index (χ2n) is 8.38. The van der Waals surface area contributed by atoms with E-state index in [0.29, 0.717) is 17.9 Å². The van der Waals surface area contributed by atoms with Crippen molar-refractivity contribution in [3.05, 3.63) is 46.3 Å². The Morgan fingerprint density at radius 1 is 1.30 bits per heavy atom. The molecule has 1 amide bonds. The Kier molecular flexibility index (Phi) is 7.08. The van der Waals surface area contributed by atoms with Crippen molar-refractivity contribution in [2.24, 2.45) is 0 Å². The Morgan fingerprint density at radius 2 is 2.00 bits per heavy atom. The number of amides is 1. The van der Waals surface area contributed by atoms with Crippen LogP contribution in [0.4, 0.5) is 4.79 Å². The molecule has 0 fully saturated rings. The molecule has 3 rings (SSSR count). The van der Waals surface area contributed by atoms with Crippen LogP contribution in [-0.4, -0.2) is 54.0 Å². The van der Waals surface area contributed by atoms with E-state index in [9.17, 15) is 14.8 Å². The highest BCUT2D eigenvalue weighted by atomic mass is 32.1. The van der Waals surface area contributed by atoms with Gasteiger partial charge in [-0.1, -0.05) is 12.1 Å². The van der Waals surface area contributed by atoms with Crippen LogP contribution in [0.5, 0.6) is 5.75 Å². The third kappa shape index (κ3) is 5.75. The first-order valence-corrected chi connectivity index (χ1v) is 10.8. The molecule has 0 bridgehead atoms. The minimum atomic E-state index is -1.49. The van der Waals surface area contributed by atoms with E-state index >= 15 is 0 Å². The molecule has 9 heteroatoms. The molecule has 2 aromatic rings. The Labute approximate surface area is 181 Å². The fraction of sp³-hybridized carbons (Fsp3) is 0.476. The summed E-state index contributed by atoms with van der Waals surface area (Å²) in [4.78, 5) is 15.6. The van der Waals surface area contributed by atoms with Crippen LogP contribution in [0.3, 0.4) is 0 Å². The van der Waals surface area contributed by atoms with Gasteiger partial charge in [0.1, 0.15) is 11.4 Å². The standard InChI is InChI=1S/C21H29BN2O5S/c1-21(2,3)29-20(25)23-12-17-19-15(11-18(30-19)22(26)27)9-10-24(17)13-14-5-7-16(28-4)8-6-14/h5-8,11,17,26-27H,9-10,12-13H2,1-4H3,(H,23,25). The predicted molar refractivity (Wildman–Crippen MR) is 118 cm³/mol. The number of thiophene rings is 1. The highest BCUT2D eigenvalue weighted by Crippen LogP contribution is 2.34. The molecular formula is C21H29BN2O5S. The second kappa shape index (κ2) is 9.39. The van der Waals surface area contributed by atoms with Gasteiger partial charge in [0.2, 0.25) is 0 Å². The number of methoxy groups -OCH3 is 1. The molecule has 7 nitrogen and oxygen atoms in total. The van der Waals surface area contributed by atoms with E-state index in [1.165, 1.54) is 11.3 Å². The summed E-state index contributed by atoms with van der Waals surface area (Å²) >= 11 is 1.38. The van der Waals surface area contributed by atoms with Gasteiger partial charge < -0.3 is 24.8 Å². The summed E-state index contributed by atoms with van der Waals surface area (Å²) in [5, 5.41) is 22.1. The van der Waals surface area contributed by atoms with Gasteiger partial charge in [-0.25, -0.2) is 4.79 Å². The molecule has 2 heterocycles.